The molecule has 37 heavy (non-hydrogen) atoms. The average molecular weight is 495 g/mol. The van der Waals surface area contributed by atoms with Crippen molar-refractivity contribution in [3.63, 3.8) is 0 Å². The number of nitrogens with zero attached hydrogens (tertiary/aromatic N) is 2. The highest BCUT2D eigenvalue weighted by Gasteiger charge is 2.29. The molecule has 2 aliphatic rings. The van der Waals surface area contributed by atoms with Crippen molar-refractivity contribution in [3.05, 3.63) is 125 Å². The molecule has 3 nitrogen and oxygen atoms in total. The minimum atomic E-state index is 0.0404. The lowest BCUT2D eigenvalue weighted by molar-refractivity contribution is 0.951. The van der Waals surface area contributed by atoms with Crippen LogP contribution in [-0.4, -0.2) is 9.55 Å². The predicted molar refractivity (Wildman–Crippen MR) is 155 cm³/mol. The van der Waals surface area contributed by atoms with E-state index in [9.17, 15) is 4.79 Å². The lowest BCUT2D eigenvalue weighted by atomic mass is 9.94. The second-order valence-electron chi connectivity index (χ2n) is 9.17. The number of benzene rings is 5. The maximum atomic E-state index is 14.6. The van der Waals surface area contributed by atoms with Crippen LogP contribution in [0.1, 0.15) is 0 Å². The summed E-state index contributed by atoms with van der Waals surface area (Å²) < 4.78 is 3.23. The van der Waals surface area contributed by atoms with Crippen LogP contribution in [0, 0.1) is 0 Å². The van der Waals surface area contributed by atoms with Gasteiger partial charge in [-0.05, 0) is 28.8 Å². The predicted octanol–water partition coefficient (Wildman–Crippen LogP) is 8.25. The van der Waals surface area contributed by atoms with Crippen LogP contribution >= 0.6 is 11.3 Å². The largest absolute Gasteiger partial charge is 0.342 e. The molecule has 1 aliphatic heterocycles. The van der Waals surface area contributed by atoms with Gasteiger partial charge in [-0.2, -0.15) is 0 Å². The summed E-state index contributed by atoms with van der Waals surface area (Å²) in [4.78, 5) is 20.8. The number of aromatic nitrogens is 2. The molecule has 4 heteroatoms. The van der Waals surface area contributed by atoms with Gasteiger partial charge >= 0.3 is 0 Å². The molecule has 1 aliphatic carbocycles. The molecule has 0 radical (unpaired) electrons. The van der Waals surface area contributed by atoms with Crippen LogP contribution in [0.4, 0.5) is 0 Å². The molecule has 7 rings (SSSR count). The Kier molecular flexibility index (Phi) is 5.01. The zero-order chi connectivity index (χ0) is 24.9. The van der Waals surface area contributed by atoms with Gasteiger partial charge in [-0.15, -0.1) is 11.3 Å². The molecule has 0 fully saturated rings. The molecule has 2 heterocycles. The minimum absolute atomic E-state index is 0.0404. The third kappa shape index (κ3) is 3.34. The average Bonchev–Trinajstić information content (AvgIpc) is 3.27. The van der Waals surface area contributed by atoms with E-state index < -0.39 is 0 Å². The van der Waals surface area contributed by atoms with Crippen molar-refractivity contribution in [1.82, 2.24) is 9.55 Å². The maximum absolute atomic E-state index is 14.6. The molecule has 0 spiro atoms. The molecule has 1 aromatic heterocycles. The summed E-state index contributed by atoms with van der Waals surface area (Å²) in [5.74, 6) is 0. The first kappa shape index (κ1) is 21.7. The first-order valence-corrected chi connectivity index (χ1v) is 13.1. The lowest BCUT2D eigenvalue weighted by Gasteiger charge is -2.15. The van der Waals surface area contributed by atoms with Gasteiger partial charge in [0.2, 0.25) is 0 Å². The van der Waals surface area contributed by atoms with Crippen LogP contribution in [-0.2, 0) is 7.05 Å². The fourth-order valence-corrected chi connectivity index (χ4v) is 6.54. The summed E-state index contributed by atoms with van der Waals surface area (Å²) in [5.41, 5.74) is 7.47. The number of hydrogen-bond donors (Lipinski definition) is 0. The van der Waals surface area contributed by atoms with E-state index in [-0.39, 0.29) is 5.43 Å². The van der Waals surface area contributed by atoms with Crippen molar-refractivity contribution in [2.24, 2.45) is 7.05 Å². The lowest BCUT2D eigenvalue weighted by Crippen LogP contribution is -2.09. The van der Waals surface area contributed by atoms with Crippen LogP contribution in [0.3, 0.4) is 0 Å². The Morgan fingerprint density at radius 1 is 0.622 bits per heavy atom. The highest BCUT2D eigenvalue weighted by Crippen LogP contribution is 2.47. The number of fused-ring (bicyclic) bond motifs is 4. The molecule has 0 atom stereocenters. The van der Waals surface area contributed by atoms with Gasteiger partial charge in [0, 0.05) is 18.0 Å². The number of hydrogen-bond acceptors (Lipinski definition) is 3. The summed E-state index contributed by atoms with van der Waals surface area (Å²) in [5, 5.41) is 1.63. The Labute approximate surface area is 218 Å². The fraction of sp³-hybridized carbons (Fsp3) is 0.0303. The summed E-state index contributed by atoms with van der Waals surface area (Å²) in [6.07, 6.45) is 0. The summed E-state index contributed by atoms with van der Waals surface area (Å²) >= 11 is 1.64. The van der Waals surface area contributed by atoms with Gasteiger partial charge in [-0.1, -0.05) is 103 Å². The first-order valence-electron chi connectivity index (χ1n) is 12.3. The van der Waals surface area contributed by atoms with Crippen LogP contribution in [0.15, 0.2) is 120 Å². The standard InChI is InChI=1S/C33H22N2OS/c1-35-30(22-15-7-3-8-16-22)27-28(31(35)23-17-9-4-10-18-23)32(36)26(21-13-5-2-6-14-21)33-29(27)34-24-19-11-12-20-25(24)37-33/h2-20H,1H3. The SMILES string of the molecule is Cn1c(-c2ccccc2)c2c3nc4ccccc4sc-3c(-c3ccccc3)c(=O)c2c1-c1ccccc1. The normalized spacial score (nSPS) is 11.5. The monoisotopic (exact) mass is 494 g/mol. The zero-order valence-electron chi connectivity index (χ0n) is 20.2. The van der Waals surface area contributed by atoms with Crippen molar-refractivity contribution in [3.8, 4) is 44.2 Å². The molecule has 0 unspecified atom stereocenters. The summed E-state index contributed by atoms with van der Waals surface area (Å²) in [7, 11) is 2.06. The van der Waals surface area contributed by atoms with Crippen molar-refractivity contribution < 1.29 is 0 Å². The van der Waals surface area contributed by atoms with E-state index in [0.29, 0.717) is 10.9 Å². The minimum Gasteiger partial charge on any atom is -0.342 e. The van der Waals surface area contributed by atoms with Gasteiger partial charge in [0.25, 0.3) is 0 Å². The molecule has 0 saturated heterocycles. The molecular weight excluding hydrogens is 472 g/mol. The zero-order valence-corrected chi connectivity index (χ0v) is 21.0. The molecule has 176 valence electrons. The third-order valence-electron chi connectivity index (χ3n) is 6.99. The second-order valence-corrected chi connectivity index (χ2v) is 10.2. The molecular formula is C33H22N2OS. The molecule has 0 amide bonds. The highest BCUT2D eigenvalue weighted by molar-refractivity contribution is 7.22. The van der Waals surface area contributed by atoms with Gasteiger partial charge in [0.15, 0.2) is 5.43 Å². The topological polar surface area (TPSA) is 34.9 Å². The van der Waals surface area contributed by atoms with Crippen molar-refractivity contribution in [2.45, 2.75) is 0 Å². The van der Waals surface area contributed by atoms with E-state index in [1.54, 1.807) is 11.3 Å². The quantitative estimate of drug-likeness (QED) is 0.232. The van der Waals surface area contributed by atoms with Crippen LogP contribution in [0.5, 0.6) is 0 Å². The fourth-order valence-electron chi connectivity index (χ4n) is 5.40. The van der Waals surface area contributed by atoms with Gasteiger partial charge in [-0.25, -0.2) is 4.98 Å². The second kappa shape index (κ2) is 8.54. The third-order valence-corrected chi connectivity index (χ3v) is 8.16. The summed E-state index contributed by atoms with van der Waals surface area (Å²) in [6.45, 7) is 0. The van der Waals surface area contributed by atoms with Gasteiger partial charge in [0.05, 0.1) is 37.6 Å². The highest BCUT2D eigenvalue weighted by atomic mass is 32.1. The molecule has 0 saturated carbocycles. The van der Waals surface area contributed by atoms with Gasteiger partial charge in [-0.3, -0.25) is 4.79 Å². The molecule has 0 bridgehead atoms. The smallest absolute Gasteiger partial charge is 0.198 e. The van der Waals surface area contributed by atoms with Gasteiger partial charge < -0.3 is 4.57 Å². The van der Waals surface area contributed by atoms with E-state index in [2.05, 4.69) is 41.9 Å². The maximum Gasteiger partial charge on any atom is 0.198 e. The Balaban J connectivity index is 1.78. The van der Waals surface area contributed by atoms with Crippen molar-refractivity contribution in [2.75, 3.05) is 0 Å². The Hall–Kier alpha value is -4.54. The molecule has 0 N–H and O–H groups in total. The van der Waals surface area contributed by atoms with E-state index in [0.717, 1.165) is 54.3 Å². The van der Waals surface area contributed by atoms with Crippen molar-refractivity contribution in [1.29, 1.82) is 0 Å². The molecule has 4 aromatic carbocycles. The van der Waals surface area contributed by atoms with Crippen LogP contribution < -0.4 is 5.43 Å². The molecule has 5 aromatic rings. The Morgan fingerprint density at radius 3 is 1.76 bits per heavy atom. The number of para-hydroxylation sites is 1. The van der Waals surface area contributed by atoms with Crippen molar-refractivity contribution >= 4 is 32.3 Å². The Bertz CT molecular complexity index is 1940. The van der Waals surface area contributed by atoms with E-state index >= 15 is 0 Å². The Morgan fingerprint density at radius 2 is 1.14 bits per heavy atom. The van der Waals surface area contributed by atoms with E-state index in [1.807, 2.05) is 84.9 Å². The van der Waals surface area contributed by atoms with Crippen LogP contribution in [0.25, 0.3) is 65.2 Å². The number of rotatable bonds is 3. The summed E-state index contributed by atoms with van der Waals surface area (Å²) in [6, 6.07) is 38.7. The van der Waals surface area contributed by atoms with Crippen LogP contribution in [0.2, 0.25) is 0 Å². The first-order chi connectivity index (χ1) is 18.2. The van der Waals surface area contributed by atoms with Gasteiger partial charge in [0.1, 0.15) is 0 Å². The van der Waals surface area contributed by atoms with E-state index in [1.165, 1.54) is 0 Å². The van der Waals surface area contributed by atoms with E-state index in [4.69, 9.17) is 4.98 Å².